The lowest BCUT2D eigenvalue weighted by Gasteiger charge is -2.15. The van der Waals surface area contributed by atoms with Gasteiger partial charge in [-0.05, 0) is 0 Å². The average Bonchev–Trinajstić information content (AvgIpc) is 1.86. The Labute approximate surface area is 67.2 Å². The van der Waals surface area contributed by atoms with Crippen molar-refractivity contribution in [2.24, 2.45) is 0 Å². The molecule has 0 aromatic rings. The molecule has 68 valence electrons. The Morgan fingerprint density at radius 1 is 1.00 bits per heavy atom. The van der Waals surface area contributed by atoms with E-state index in [2.05, 4.69) is 9.05 Å². The van der Waals surface area contributed by atoms with Gasteiger partial charge in [-0.2, -0.15) is 0 Å². The van der Waals surface area contributed by atoms with Crippen LogP contribution in [0.4, 0.5) is 0 Å². The van der Waals surface area contributed by atoms with Gasteiger partial charge in [-0.3, -0.25) is 9.13 Å². The van der Waals surface area contributed by atoms with Crippen LogP contribution in [0.25, 0.3) is 0 Å². The zero-order valence-corrected chi connectivity index (χ0v) is 9.02. The topological polar surface area (TPSA) is 52.6 Å². The van der Waals surface area contributed by atoms with Crippen molar-refractivity contribution in [3.05, 3.63) is 0 Å². The van der Waals surface area contributed by atoms with Gasteiger partial charge in [-0.25, -0.2) is 0 Å². The molecule has 4 nitrogen and oxygen atoms in total. The molecule has 0 aliphatic carbocycles. The maximum Gasteiger partial charge on any atom is 0.209 e. The molecule has 0 radical (unpaired) electrons. The Hall–Kier alpha value is 0.380. The predicted molar refractivity (Wildman–Crippen MR) is 45.9 cm³/mol. The highest BCUT2D eigenvalue weighted by atomic mass is 31.2. The summed E-state index contributed by atoms with van der Waals surface area (Å²) in [5.41, 5.74) is 0. The first-order chi connectivity index (χ1) is 4.83. The van der Waals surface area contributed by atoms with Gasteiger partial charge in [0.25, 0.3) is 0 Å². The number of rotatable bonds is 4. The van der Waals surface area contributed by atoms with E-state index in [1.807, 2.05) is 0 Å². The SMILES string of the molecule is COP(C)(=O)CP(C)(=O)OC. The molecule has 0 N–H and O–H groups in total. The van der Waals surface area contributed by atoms with Crippen molar-refractivity contribution in [3.8, 4) is 0 Å². The fraction of sp³-hybridized carbons (Fsp3) is 1.00. The Kier molecular flexibility index (Phi) is 3.99. The fourth-order valence-electron chi connectivity index (χ4n) is 0.582. The van der Waals surface area contributed by atoms with Crippen molar-refractivity contribution < 1.29 is 18.2 Å². The molecule has 0 fully saturated rings. The first-order valence-corrected chi connectivity index (χ1v) is 7.59. The van der Waals surface area contributed by atoms with E-state index in [9.17, 15) is 9.13 Å². The molecule has 2 atom stereocenters. The average molecular weight is 200 g/mol. The van der Waals surface area contributed by atoms with Crippen molar-refractivity contribution in [3.63, 3.8) is 0 Å². The number of hydrogen-bond acceptors (Lipinski definition) is 4. The Bertz CT molecular complexity index is 191. The van der Waals surface area contributed by atoms with Gasteiger partial charge >= 0.3 is 0 Å². The normalized spacial score (nSPS) is 22.2. The lowest BCUT2D eigenvalue weighted by atomic mass is 11.8. The molecule has 0 spiro atoms. The van der Waals surface area contributed by atoms with Gasteiger partial charge in [0.2, 0.25) is 14.7 Å². The molecule has 0 heterocycles. The minimum absolute atomic E-state index is 0.00694. The van der Waals surface area contributed by atoms with Gasteiger partial charge in [0.05, 0.1) is 0 Å². The van der Waals surface area contributed by atoms with Crippen LogP contribution < -0.4 is 0 Å². The van der Waals surface area contributed by atoms with Crippen LogP contribution in [0.2, 0.25) is 0 Å². The Balaban J connectivity index is 4.26. The lowest BCUT2D eigenvalue weighted by molar-refractivity contribution is 0.387. The molecule has 0 aromatic carbocycles. The van der Waals surface area contributed by atoms with E-state index in [0.717, 1.165) is 0 Å². The smallest absolute Gasteiger partial charge is 0.209 e. The second kappa shape index (κ2) is 3.86. The largest absolute Gasteiger partial charge is 0.332 e. The van der Waals surface area contributed by atoms with E-state index in [1.54, 1.807) is 0 Å². The molecular formula is C5H14O4P2. The van der Waals surface area contributed by atoms with Gasteiger partial charge in [0.1, 0.15) is 5.90 Å². The summed E-state index contributed by atoms with van der Waals surface area (Å²) < 4.78 is 31.9. The Morgan fingerprint density at radius 3 is 1.45 bits per heavy atom. The molecule has 0 saturated heterocycles. The van der Waals surface area contributed by atoms with Gasteiger partial charge in [0, 0.05) is 27.5 Å². The lowest BCUT2D eigenvalue weighted by Crippen LogP contribution is -1.93. The molecule has 0 aliphatic heterocycles. The second-order valence-electron chi connectivity index (χ2n) is 2.53. The maximum atomic E-state index is 11.3. The minimum Gasteiger partial charge on any atom is -0.332 e. The molecular weight excluding hydrogens is 186 g/mol. The molecule has 0 aromatic heterocycles. The van der Waals surface area contributed by atoms with Crippen molar-refractivity contribution >= 4 is 14.7 Å². The molecule has 0 bridgehead atoms. The zero-order valence-electron chi connectivity index (χ0n) is 7.23. The van der Waals surface area contributed by atoms with Crippen LogP contribution in [-0.2, 0) is 18.2 Å². The third-order valence-corrected chi connectivity index (χ3v) is 6.94. The summed E-state index contributed by atoms with van der Waals surface area (Å²) in [7, 11) is -2.71. The summed E-state index contributed by atoms with van der Waals surface area (Å²) in [5.74, 6) is 0.00694. The first kappa shape index (κ1) is 11.4. The summed E-state index contributed by atoms with van der Waals surface area (Å²) in [6, 6.07) is 0. The first-order valence-electron chi connectivity index (χ1n) is 3.07. The summed E-state index contributed by atoms with van der Waals surface area (Å²) in [5, 5.41) is 0. The molecule has 0 rings (SSSR count). The highest BCUT2D eigenvalue weighted by molar-refractivity contribution is 7.75. The highest BCUT2D eigenvalue weighted by Crippen LogP contribution is 2.57. The van der Waals surface area contributed by atoms with Gasteiger partial charge < -0.3 is 9.05 Å². The monoisotopic (exact) mass is 200 g/mol. The standard InChI is InChI=1S/C5H14O4P2/c1-8-10(3,6)5-11(4,7)9-2/h5H2,1-4H3. The van der Waals surface area contributed by atoms with Gasteiger partial charge in [-0.15, -0.1) is 0 Å². The van der Waals surface area contributed by atoms with E-state index < -0.39 is 14.7 Å². The van der Waals surface area contributed by atoms with Crippen LogP contribution in [-0.4, -0.2) is 33.5 Å². The van der Waals surface area contributed by atoms with E-state index in [0.29, 0.717) is 0 Å². The van der Waals surface area contributed by atoms with Crippen LogP contribution in [0.5, 0.6) is 0 Å². The van der Waals surface area contributed by atoms with E-state index in [1.165, 1.54) is 27.5 Å². The van der Waals surface area contributed by atoms with Gasteiger partial charge in [-0.1, -0.05) is 0 Å². The highest BCUT2D eigenvalue weighted by Gasteiger charge is 2.26. The molecule has 6 heteroatoms. The predicted octanol–water partition coefficient (Wildman–Crippen LogP) is 2.05. The summed E-state index contributed by atoms with van der Waals surface area (Å²) in [6.07, 6.45) is 0. The van der Waals surface area contributed by atoms with E-state index >= 15 is 0 Å². The summed E-state index contributed by atoms with van der Waals surface area (Å²) >= 11 is 0. The summed E-state index contributed by atoms with van der Waals surface area (Å²) in [6.45, 7) is 2.89. The minimum atomic E-state index is -2.70. The van der Waals surface area contributed by atoms with E-state index in [4.69, 9.17) is 0 Å². The van der Waals surface area contributed by atoms with Crippen LogP contribution in [0.1, 0.15) is 0 Å². The molecule has 0 saturated carbocycles. The van der Waals surface area contributed by atoms with Crippen molar-refractivity contribution in [2.75, 3.05) is 33.5 Å². The Morgan fingerprint density at radius 2 is 1.27 bits per heavy atom. The van der Waals surface area contributed by atoms with Crippen molar-refractivity contribution in [1.29, 1.82) is 0 Å². The van der Waals surface area contributed by atoms with Crippen molar-refractivity contribution in [1.82, 2.24) is 0 Å². The zero-order chi connectivity index (χ0) is 9.12. The quantitative estimate of drug-likeness (QED) is 0.651. The van der Waals surface area contributed by atoms with Crippen LogP contribution >= 0.6 is 14.7 Å². The fourth-order valence-corrected chi connectivity index (χ4v) is 5.24. The summed E-state index contributed by atoms with van der Waals surface area (Å²) in [4.78, 5) is 0. The van der Waals surface area contributed by atoms with Crippen molar-refractivity contribution in [2.45, 2.75) is 0 Å². The third kappa shape index (κ3) is 4.76. The van der Waals surface area contributed by atoms with Crippen LogP contribution in [0.3, 0.4) is 0 Å². The van der Waals surface area contributed by atoms with Gasteiger partial charge in [0.15, 0.2) is 0 Å². The molecule has 2 unspecified atom stereocenters. The van der Waals surface area contributed by atoms with Crippen LogP contribution in [0, 0.1) is 0 Å². The third-order valence-electron chi connectivity index (χ3n) is 1.29. The number of hydrogen-bond donors (Lipinski definition) is 0. The molecule has 0 amide bonds. The van der Waals surface area contributed by atoms with Crippen LogP contribution in [0.15, 0.2) is 0 Å². The van der Waals surface area contributed by atoms with E-state index in [-0.39, 0.29) is 5.90 Å². The second-order valence-corrected chi connectivity index (χ2v) is 8.45. The molecule has 11 heavy (non-hydrogen) atoms. The maximum absolute atomic E-state index is 11.3. The molecule has 0 aliphatic rings.